The van der Waals surface area contributed by atoms with Crippen LogP contribution in [-0.2, 0) is 21.2 Å². The summed E-state index contributed by atoms with van der Waals surface area (Å²) in [6.45, 7) is 2.74. The molecule has 0 fully saturated rings. The highest BCUT2D eigenvalue weighted by Crippen LogP contribution is 2.21. The van der Waals surface area contributed by atoms with E-state index in [1.165, 1.54) is 18.2 Å². The molecule has 0 saturated carbocycles. The lowest BCUT2D eigenvalue weighted by Crippen LogP contribution is -2.43. The minimum atomic E-state index is -3.33. The number of benzene rings is 1. The average molecular weight is 325 g/mol. The van der Waals surface area contributed by atoms with Gasteiger partial charge in [0.15, 0.2) is 0 Å². The van der Waals surface area contributed by atoms with E-state index in [1.807, 2.05) is 12.1 Å². The highest BCUT2D eigenvalue weighted by atomic mass is 32.2. The minimum Gasteiger partial charge on any atom is -0.353 e. The summed E-state index contributed by atoms with van der Waals surface area (Å²) in [4.78, 5) is 11.9. The van der Waals surface area contributed by atoms with Gasteiger partial charge < -0.3 is 10.6 Å². The van der Waals surface area contributed by atoms with Crippen molar-refractivity contribution >= 4 is 15.9 Å². The maximum atomic E-state index is 11.9. The van der Waals surface area contributed by atoms with E-state index in [2.05, 4.69) is 22.8 Å². The Labute approximate surface area is 131 Å². The molecular formula is C15H23N3O3S. The summed E-state index contributed by atoms with van der Waals surface area (Å²) in [5, 5.41) is 6.19. The van der Waals surface area contributed by atoms with Gasteiger partial charge in [0, 0.05) is 19.6 Å². The number of hydrogen-bond donors (Lipinski definition) is 2. The molecule has 0 aliphatic carbocycles. The van der Waals surface area contributed by atoms with Crippen LogP contribution in [0, 0.1) is 0 Å². The molecule has 0 radical (unpaired) electrons. The normalized spacial score (nSPS) is 18.0. The Hall–Kier alpha value is -1.44. The molecule has 7 heteroatoms. The second kappa shape index (κ2) is 7.21. The van der Waals surface area contributed by atoms with E-state index in [4.69, 9.17) is 0 Å². The fourth-order valence-electron chi connectivity index (χ4n) is 2.57. The molecule has 1 aliphatic rings. The fraction of sp³-hybridized carbons (Fsp3) is 0.533. The van der Waals surface area contributed by atoms with Crippen LogP contribution in [0.2, 0.25) is 0 Å². The van der Waals surface area contributed by atoms with E-state index in [9.17, 15) is 13.2 Å². The van der Waals surface area contributed by atoms with E-state index >= 15 is 0 Å². The first-order valence-electron chi connectivity index (χ1n) is 7.46. The summed E-state index contributed by atoms with van der Waals surface area (Å²) in [5.74, 6) is -0.293. The lowest BCUT2D eigenvalue weighted by molar-refractivity contribution is -0.121. The molecular weight excluding hydrogens is 302 g/mol. The van der Waals surface area contributed by atoms with Crippen molar-refractivity contribution in [2.75, 3.05) is 32.4 Å². The van der Waals surface area contributed by atoms with E-state index in [0.717, 1.165) is 17.3 Å². The number of carbonyl (C=O) groups excluding carboxylic acids is 1. The molecule has 0 spiro atoms. The predicted molar refractivity (Wildman–Crippen MR) is 86.0 cm³/mol. The second-order valence-corrected chi connectivity index (χ2v) is 7.78. The monoisotopic (exact) mass is 325 g/mol. The summed E-state index contributed by atoms with van der Waals surface area (Å²) in [6.07, 6.45) is 0.984. The topological polar surface area (TPSA) is 78.5 Å². The van der Waals surface area contributed by atoms with E-state index in [0.29, 0.717) is 6.54 Å². The molecule has 0 bridgehead atoms. The molecule has 2 N–H and O–H groups in total. The summed E-state index contributed by atoms with van der Waals surface area (Å²) in [6, 6.07) is 8.24. The van der Waals surface area contributed by atoms with Crippen LogP contribution in [0.5, 0.6) is 0 Å². The van der Waals surface area contributed by atoms with Gasteiger partial charge in [-0.15, -0.1) is 0 Å². The SMILES string of the molecule is CCS(=O)(=O)N(C)CC(=O)NCC1NCCc2ccccc21. The van der Waals surface area contributed by atoms with Gasteiger partial charge in [0.1, 0.15) is 0 Å². The summed E-state index contributed by atoms with van der Waals surface area (Å²) in [5.41, 5.74) is 2.50. The van der Waals surface area contributed by atoms with Gasteiger partial charge in [-0.2, -0.15) is 4.31 Å². The van der Waals surface area contributed by atoms with Crippen LogP contribution in [-0.4, -0.2) is 51.1 Å². The smallest absolute Gasteiger partial charge is 0.235 e. The van der Waals surface area contributed by atoms with Gasteiger partial charge in [-0.25, -0.2) is 8.42 Å². The second-order valence-electron chi connectivity index (χ2n) is 5.42. The number of sulfonamides is 1. The Bertz CT molecular complexity index is 631. The van der Waals surface area contributed by atoms with Crippen molar-refractivity contribution in [3.8, 4) is 0 Å². The highest BCUT2D eigenvalue weighted by molar-refractivity contribution is 7.89. The Balaban J connectivity index is 1.90. The lowest BCUT2D eigenvalue weighted by Gasteiger charge is -2.27. The zero-order valence-corrected chi connectivity index (χ0v) is 13.8. The summed E-state index contributed by atoms with van der Waals surface area (Å²) in [7, 11) is -1.91. The van der Waals surface area contributed by atoms with Crippen LogP contribution < -0.4 is 10.6 Å². The molecule has 1 unspecified atom stereocenters. The van der Waals surface area contributed by atoms with Crippen LogP contribution in [0.1, 0.15) is 24.1 Å². The molecule has 6 nitrogen and oxygen atoms in total. The van der Waals surface area contributed by atoms with Crippen molar-refractivity contribution in [2.45, 2.75) is 19.4 Å². The third-order valence-electron chi connectivity index (χ3n) is 3.92. The van der Waals surface area contributed by atoms with Crippen LogP contribution >= 0.6 is 0 Å². The number of fused-ring (bicyclic) bond motifs is 1. The number of nitrogens with one attached hydrogen (secondary N) is 2. The predicted octanol–water partition coefficient (Wildman–Crippen LogP) is 0.271. The zero-order valence-electron chi connectivity index (χ0n) is 13.0. The molecule has 1 aromatic carbocycles. The van der Waals surface area contributed by atoms with Crippen molar-refractivity contribution in [3.05, 3.63) is 35.4 Å². The molecule has 22 heavy (non-hydrogen) atoms. The Morgan fingerprint density at radius 2 is 2.14 bits per heavy atom. The van der Waals surface area contributed by atoms with Gasteiger partial charge in [0.05, 0.1) is 12.3 Å². The van der Waals surface area contributed by atoms with E-state index in [-0.39, 0.29) is 24.2 Å². The minimum absolute atomic E-state index is 0.00562. The summed E-state index contributed by atoms with van der Waals surface area (Å²) < 4.78 is 24.4. The molecule has 1 aliphatic heterocycles. The molecule has 1 aromatic rings. The number of hydrogen-bond acceptors (Lipinski definition) is 4. The Morgan fingerprint density at radius 1 is 1.41 bits per heavy atom. The standard InChI is InChI=1S/C15H23N3O3S/c1-3-22(20,21)18(2)11-15(19)17-10-14-13-7-5-4-6-12(13)8-9-16-14/h4-7,14,16H,3,8-11H2,1-2H3,(H,17,19). The molecule has 1 amide bonds. The molecule has 0 saturated heterocycles. The number of rotatable bonds is 6. The lowest BCUT2D eigenvalue weighted by atomic mass is 9.94. The number of nitrogens with zero attached hydrogens (tertiary/aromatic N) is 1. The van der Waals surface area contributed by atoms with Crippen molar-refractivity contribution < 1.29 is 13.2 Å². The van der Waals surface area contributed by atoms with Crippen LogP contribution in [0.15, 0.2) is 24.3 Å². The third kappa shape index (κ3) is 4.06. The number of carbonyl (C=O) groups is 1. The maximum Gasteiger partial charge on any atom is 0.235 e. The van der Waals surface area contributed by atoms with Crippen molar-refractivity contribution in [2.24, 2.45) is 0 Å². The maximum absolute atomic E-state index is 11.9. The van der Waals surface area contributed by atoms with E-state index < -0.39 is 10.0 Å². The van der Waals surface area contributed by atoms with Crippen LogP contribution in [0.3, 0.4) is 0 Å². The van der Waals surface area contributed by atoms with Gasteiger partial charge in [-0.1, -0.05) is 24.3 Å². The van der Waals surface area contributed by atoms with Crippen molar-refractivity contribution in [1.29, 1.82) is 0 Å². The molecule has 122 valence electrons. The molecule has 1 heterocycles. The largest absolute Gasteiger partial charge is 0.353 e. The van der Waals surface area contributed by atoms with Gasteiger partial charge in [-0.05, 0) is 31.0 Å². The molecule has 1 atom stereocenters. The Kier molecular flexibility index (Phi) is 5.55. The molecule has 2 rings (SSSR count). The first-order valence-corrected chi connectivity index (χ1v) is 9.07. The number of amides is 1. The van der Waals surface area contributed by atoms with Gasteiger partial charge in [0.2, 0.25) is 15.9 Å². The summed E-state index contributed by atoms with van der Waals surface area (Å²) >= 11 is 0. The van der Waals surface area contributed by atoms with Crippen molar-refractivity contribution in [3.63, 3.8) is 0 Å². The van der Waals surface area contributed by atoms with Crippen LogP contribution in [0.25, 0.3) is 0 Å². The van der Waals surface area contributed by atoms with Crippen molar-refractivity contribution in [1.82, 2.24) is 14.9 Å². The fourth-order valence-corrected chi connectivity index (χ4v) is 3.32. The average Bonchev–Trinajstić information content (AvgIpc) is 2.52. The Morgan fingerprint density at radius 3 is 2.86 bits per heavy atom. The quantitative estimate of drug-likeness (QED) is 0.787. The number of likely N-dealkylation sites (N-methyl/N-ethyl adjacent to an activating group) is 1. The third-order valence-corrected chi connectivity index (χ3v) is 5.73. The first-order chi connectivity index (χ1) is 10.4. The molecule has 0 aromatic heterocycles. The van der Waals surface area contributed by atoms with Crippen LogP contribution in [0.4, 0.5) is 0 Å². The first kappa shape index (κ1) is 16.9. The van der Waals surface area contributed by atoms with Gasteiger partial charge in [-0.3, -0.25) is 4.79 Å². The van der Waals surface area contributed by atoms with Gasteiger partial charge in [0.25, 0.3) is 0 Å². The highest BCUT2D eigenvalue weighted by Gasteiger charge is 2.21. The van der Waals surface area contributed by atoms with E-state index in [1.54, 1.807) is 6.92 Å². The van der Waals surface area contributed by atoms with Gasteiger partial charge >= 0.3 is 0 Å². The zero-order chi connectivity index (χ0) is 16.2.